The standard InChI is InChI=1S/C27H22N4O6/c1-16(26(32)33)20-10-6-7-11-22(20)36-23-13-12-19(15-29-23)24-21(14-28)31-37-25(24)30-27(34)35-17(2)18-8-4-3-5-9-18/h3-13,15-17H,1-2H3,(H,30,34)(H,32,33). The smallest absolute Gasteiger partial charge is 0.414 e. The van der Waals surface area contributed by atoms with Gasteiger partial charge in [-0.1, -0.05) is 53.7 Å². The van der Waals surface area contributed by atoms with Crippen LogP contribution in [0.4, 0.5) is 10.7 Å². The number of nitrogens with one attached hydrogen (secondary N) is 1. The lowest BCUT2D eigenvalue weighted by atomic mass is 10.0. The summed E-state index contributed by atoms with van der Waals surface area (Å²) < 4.78 is 16.4. The van der Waals surface area contributed by atoms with E-state index in [2.05, 4.69) is 15.5 Å². The molecule has 1 amide bonds. The molecule has 10 heteroatoms. The van der Waals surface area contributed by atoms with E-state index >= 15 is 0 Å². The highest BCUT2D eigenvalue weighted by molar-refractivity contribution is 5.90. The van der Waals surface area contributed by atoms with E-state index in [0.717, 1.165) is 5.56 Å². The third kappa shape index (κ3) is 5.74. The van der Waals surface area contributed by atoms with E-state index in [9.17, 15) is 20.0 Å². The maximum absolute atomic E-state index is 12.5. The van der Waals surface area contributed by atoms with Gasteiger partial charge in [0.2, 0.25) is 11.8 Å². The number of aromatic nitrogens is 2. The number of para-hydroxylation sites is 1. The molecule has 10 nitrogen and oxygen atoms in total. The summed E-state index contributed by atoms with van der Waals surface area (Å²) in [7, 11) is 0. The second-order valence-electron chi connectivity index (χ2n) is 8.02. The summed E-state index contributed by atoms with van der Waals surface area (Å²) in [4.78, 5) is 28.2. The van der Waals surface area contributed by atoms with Crippen LogP contribution in [0.3, 0.4) is 0 Å². The zero-order valence-electron chi connectivity index (χ0n) is 19.9. The predicted molar refractivity (Wildman–Crippen MR) is 132 cm³/mol. The Labute approximate surface area is 212 Å². The van der Waals surface area contributed by atoms with Gasteiger partial charge in [-0.3, -0.25) is 10.1 Å². The lowest BCUT2D eigenvalue weighted by molar-refractivity contribution is -0.138. The number of amides is 1. The molecule has 0 saturated heterocycles. The van der Waals surface area contributed by atoms with Gasteiger partial charge in [0.05, 0.1) is 11.5 Å². The first-order valence-corrected chi connectivity index (χ1v) is 11.3. The van der Waals surface area contributed by atoms with Crippen molar-refractivity contribution >= 4 is 17.9 Å². The van der Waals surface area contributed by atoms with Crippen molar-refractivity contribution in [2.24, 2.45) is 0 Å². The second-order valence-corrected chi connectivity index (χ2v) is 8.02. The maximum atomic E-state index is 12.5. The number of carboxylic acids is 1. The molecule has 0 radical (unpaired) electrons. The number of anilines is 1. The molecule has 186 valence electrons. The van der Waals surface area contributed by atoms with Crippen molar-refractivity contribution < 1.29 is 28.7 Å². The van der Waals surface area contributed by atoms with E-state index in [1.807, 2.05) is 36.4 Å². The van der Waals surface area contributed by atoms with Crippen molar-refractivity contribution in [3.63, 3.8) is 0 Å². The number of rotatable bonds is 8. The normalized spacial score (nSPS) is 12.1. The average molecular weight is 498 g/mol. The van der Waals surface area contributed by atoms with Gasteiger partial charge in [-0.2, -0.15) is 5.26 Å². The Bertz CT molecular complexity index is 1440. The highest BCUT2D eigenvalue weighted by atomic mass is 16.6. The van der Waals surface area contributed by atoms with Crippen LogP contribution >= 0.6 is 0 Å². The van der Waals surface area contributed by atoms with Gasteiger partial charge in [-0.05, 0) is 31.5 Å². The monoisotopic (exact) mass is 498 g/mol. The molecule has 2 heterocycles. The van der Waals surface area contributed by atoms with Gasteiger partial charge in [0, 0.05) is 23.4 Å². The molecule has 4 aromatic rings. The van der Waals surface area contributed by atoms with Gasteiger partial charge in [0.15, 0.2) is 5.69 Å². The Hall–Kier alpha value is -5.17. The molecule has 0 bridgehead atoms. The molecule has 0 saturated carbocycles. The van der Waals surface area contributed by atoms with E-state index in [0.29, 0.717) is 16.9 Å². The van der Waals surface area contributed by atoms with Crippen molar-refractivity contribution in [2.45, 2.75) is 25.9 Å². The van der Waals surface area contributed by atoms with Crippen molar-refractivity contribution in [1.29, 1.82) is 5.26 Å². The van der Waals surface area contributed by atoms with Crippen LogP contribution in [-0.4, -0.2) is 27.3 Å². The fourth-order valence-corrected chi connectivity index (χ4v) is 3.56. The first-order valence-electron chi connectivity index (χ1n) is 11.3. The Kier molecular flexibility index (Phi) is 7.45. The first kappa shape index (κ1) is 24.9. The second kappa shape index (κ2) is 11.0. The summed E-state index contributed by atoms with van der Waals surface area (Å²) in [5, 5.41) is 25.1. The summed E-state index contributed by atoms with van der Waals surface area (Å²) in [6.45, 7) is 3.30. The van der Waals surface area contributed by atoms with Crippen molar-refractivity contribution in [2.75, 3.05) is 5.32 Å². The van der Waals surface area contributed by atoms with Gasteiger partial charge in [0.25, 0.3) is 0 Å². The van der Waals surface area contributed by atoms with Crippen molar-refractivity contribution in [3.05, 3.63) is 89.7 Å². The van der Waals surface area contributed by atoms with E-state index < -0.39 is 24.1 Å². The molecule has 37 heavy (non-hydrogen) atoms. The topological polar surface area (TPSA) is 148 Å². The van der Waals surface area contributed by atoms with Crippen molar-refractivity contribution in [1.82, 2.24) is 10.1 Å². The maximum Gasteiger partial charge on any atom is 0.414 e. The highest BCUT2D eigenvalue weighted by Crippen LogP contribution is 2.34. The number of nitriles is 1. The fourth-order valence-electron chi connectivity index (χ4n) is 3.56. The number of benzene rings is 2. The Balaban J connectivity index is 1.52. The number of nitrogens with zero attached hydrogens (tertiary/aromatic N) is 3. The molecule has 0 aliphatic rings. The minimum atomic E-state index is -0.979. The van der Waals surface area contributed by atoms with Crippen LogP contribution in [0.1, 0.15) is 42.7 Å². The average Bonchev–Trinajstić information content (AvgIpc) is 3.31. The van der Waals surface area contributed by atoms with E-state index in [-0.39, 0.29) is 23.0 Å². The summed E-state index contributed by atoms with van der Waals surface area (Å²) in [5.41, 5.74) is 1.92. The number of aliphatic carboxylic acids is 1. The molecular formula is C27H22N4O6. The molecule has 0 fully saturated rings. The zero-order chi connectivity index (χ0) is 26.4. The third-order valence-corrected chi connectivity index (χ3v) is 5.56. The van der Waals surface area contributed by atoms with E-state index in [1.54, 1.807) is 50.2 Å². The quantitative estimate of drug-likeness (QED) is 0.303. The number of hydrogen-bond donors (Lipinski definition) is 2. The number of pyridine rings is 1. The van der Waals surface area contributed by atoms with Crippen LogP contribution in [0.25, 0.3) is 11.1 Å². The number of carbonyl (C=O) groups is 2. The molecule has 4 rings (SSSR count). The van der Waals surface area contributed by atoms with E-state index in [4.69, 9.17) is 14.0 Å². The van der Waals surface area contributed by atoms with Crippen LogP contribution in [0.5, 0.6) is 11.6 Å². The van der Waals surface area contributed by atoms with E-state index in [1.165, 1.54) is 6.20 Å². The number of carbonyl (C=O) groups excluding carboxylic acids is 1. The summed E-state index contributed by atoms with van der Waals surface area (Å²) >= 11 is 0. The Morgan fingerprint density at radius 2 is 1.78 bits per heavy atom. The lowest BCUT2D eigenvalue weighted by Crippen LogP contribution is -2.16. The molecular weight excluding hydrogens is 476 g/mol. The number of carboxylic acid groups (broad SMARTS) is 1. The number of ether oxygens (including phenoxy) is 2. The largest absolute Gasteiger partial charge is 0.481 e. The lowest BCUT2D eigenvalue weighted by Gasteiger charge is -2.14. The molecule has 2 aromatic carbocycles. The van der Waals surface area contributed by atoms with Gasteiger partial charge in [-0.25, -0.2) is 9.78 Å². The molecule has 2 aromatic heterocycles. The summed E-state index contributed by atoms with van der Waals surface area (Å²) in [6, 6.07) is 21.1. The third-order valence-electron chi connectivity index (χ3n) is 5.56. The van der Waals surface area contributed by atoms with Crippen LogP contribution in [0, 0.1) is 11.3 Å². The van der Waals surface area contributed by atoms with Crippen LogP contribution in [0.2, 0.25) is 0 Å². The molecule has 2 N–H and O–H groups in total. The Morgan fingerprint density at radius 1 is 1.05 bits per heavy atom. The minimum absolute atomic E-state index is 0.0532. The number of hydrogen-bond acceptors (Lipinski definition) is 8. The molecule has 2 unspecified atom stereocenters. The molecule has 0 spiro atoms. The fraction of sp³-hybridized carbons (Fsp3) is 0.148. The van der Waals surface area contributed by atoms with Crippen LogP contribution in [0.15, 0.2) is 77.4 Å². The van der Waals surface area contributed by atoms with Crippen LogP contribution in [-0.2, 0) is 9.53 Å². The summed E-state index contributed by atoms with van der Waals surface area (Å²) in [6.07, 6.45) is 0.123. The zero-order valence-corrected chi connectivity index (χ0v) is 19.9. The van der Waals surface area contributed by atoms with Gasteiger partial charge >= 0.3 is 12.1 Å². The van der Waals surface area contributed by atoms with Crippen molar-refractivity contribution in [3.8, 4) is 28.8 Å². The summed E-state index contributed by atoms with van der Waals surface area (Å²) in [5.74, 6) is -1.26. The van der Waals surface area contributed by atoms with Gasteiger partial charge < -0.3 is 19.1 Å². The molecule has 2 atom stereocenters. The SMILES string of the molecule is CC(OC(=O)Nc1onc(C#N)c1-c1ccc(Oc2ccccc2C(C)C(=O)O)nc1)c1ccccc1. The Morgan fingerprint density at radius 3 is 2.46 bits per heavy atom. The molecule has 0 aliphatic carbocycles. The molecule has 0 aliphatic heterocycles. The van der Waals surface area contributed by atoms with Gasteiger partial charge in [-0.15, -0.1) is 0 Å². The minimum Gasteiger partial charge on any atom is -0.481 e. The van der Waals surface area contributed by atoms with Gasteiger partial charge in [0.1, 0.15) is 17.9 Å². The predicted octanol–water partition coefficient (Wildman–Crippen LogP) is 5.90. The van der Waals surface area contributed by atoms with Crippen LogP contribution < -0.4 is 10.1 Å². The highest BCUT2D eigenvalue weighted by Gasteiger charge is 2.23. The first-order chi connectivity index (χ1) is 17.9.